The number of hydrogen-bond acceptors (Lipinski definition) is 5. The molecule has 3 amide bonds. The molecule has 3 unspecified atom stereocenters. The third-order valence-electron chi connectivity index (χ3n) is 4.11. The van der Waals surface area contributed by atoms with Crippen molar-refractivity contribution in [3.05, 3.63) is 0 Å². The summed E-state index contributed by atoms with van der Waals surface area (Å²) in [5.74, 6) is -1.09. The molecule has 0 rings (SSSR count). The normalized spacial score (nSPS) is 14.4. The molecule has 156 valence electrons. The molecular weight excluding hydrogens is 348 g/mol. The van der Waals surface area contributed by atoms with Gasteiger partial charge in [0.1, 0.15) is 18.4 Å². The maximum atomic E-state index is 12.6. The SMILES string of the molecule is CC(=O)NC(C(=O)NC(CC(C)C)C(=O)NC(C=O)CCCCN)C(C)C. The van der Waals surface area contributed by atoms with Crippen LogP contribution >= 0.6 is 0 Å². The number of unbranched alkanes of at least 4 members (excludes halogenated alkanes) is 1. The molecule has 3 atom stereocenters. The third kappa shape index (κ3) is 10.7. The topological polar surface area (TPSA) is 130 Å². The van der Waals surface area contributed by atoms with Crippen LogP contribution in [-0.4, -0.2) is 48.7 Å². The van der Waals surface area contributed by atoms with Crippen molar-refractivity contribution in [1.82, 2.24) is 16.0 Å². The Morgan fingerprint density at radius 2 is 1.59 bits per heavy atom. The summed E-state index contributed by atoms with van der Waals surface area (Å²) in [5, 5.41) is 8.04. The molecule has 0 saturated heterocycles. The van der Waals surface area contributed by atoms with Crippen molar-refractivity contribution in [2.24, 2.45) is 17.6 Å². The maximum absolute atomic E-state index is 12.6. The minimum Gasteiger partial charge on any atom is -0.345 e. The highest BCUT2D eigenvalue weighted by molar-refractivity contribution is 5.92. The van der Waals surface area contributed by atoms with E-state index in [1.54, 1.807) is 0 Å². The number of rotatable bonds is 13. The second-order valence-electron chi connectivity index (χ2n) is 7.65. The zero-order chi connectivity index (χ0) is 21.0. The van der Waals surface area contributed by atoms with Gasteiger partial charge in [-0.3, -0.25) is 14.4 Å². The van der Waals surface area contributed by atoms with E-state index in [-0.39, 0.29) is 17.7 Å². The average Bonchev–Trinajstić information content (AvgIpc) is 2.57. The highest BCUT2D eigenvalue weighted by Gasteiger charge is 2.29. The van der Waals surface area contributed by atoms with E-state index in [0.717, 1.165) is 12.8 Å². The zero-order valence-electron chi connectivity index (χ0n) is 17.2. The van der Waals surface area contributed by atoms with Crippen LogP contribution in [0.15, 0.2) is 0 Å². The first-order valence-electron chi connectivity index (χ1n) is 9.65. The van der Waals surface area contributed by atoms with Crippen molar-refractivity contribution in [1.29, 1.82) is 0 Å². The van der Waals surface area contributed by atoms with Crippen LogP contribution in [0.4, 0.5) is 0 Å². The lowest BCUT2D eigenvalue weighted by molar-refractivity contribution is -0.133. The molecule has 8 nitrogen and oxygen atoms in total. The van der Waals surface area contributed by atoms with Gasteiger partial charge in [-0.05, 0) is 44.1 Å². The monoisotopic (exact) mass is 384 g/mol. The first-order valence-corrected chi connectivity index (χ1v) is 9.65. The molecule has 0 aliphatic rings. The molecule has 0 fully saturated rings. The van der Waals surface area contributed by atoms with E-state index >= 15 is 0 Å². The smallest absolute Gasteiger partial charge is 0.243 e. The Hall–Kier alpha value is -1.96. The molecule has 0 bridgehead atoms. The van der Waals surface area contributed by atoms with Crippen LogP contribution in [-0.2, 0) is 19.2 Å². The number of aldehydes is 1. The van der Waals surface area contributed by atoms with E-state index in [2.05, 4.69) is 16.0 Å². The van der Waals surface area contributed by atoms with Crippen molar-refractivity contribution in [2.45, 2.75) is 78.4 Å². The van der Waals surface area contributed by atoms with Gasteiger partial charge in [0.05, 0.1) is 6.04 Å². The van der Waals surface area contributed by atoms with Crippen molar-refractivity contribution in [3.63, 3.8) is 0 Å². The Morgan fingerprint density at radius 3 is 2.04 bits per heavy atom. The maximum Gasteiger partial charge on any atom is 0.243 e. The quantitative estimate of drug-likeness (QED) is 0.271. The first-order chi connectivity index (χ1) is 12.6. The van der Waals surface area contributed by atoms with Gasteiger partial charge in [-0.25, -0.2) is 0 Å². The van der Waals surface area contributed by atoms with Crippen LogP contribution in [0.2, 0.25) is 0 Å². The molecule has 0 radical (unpaired) electrons. The van der Waals surface area contributed by atoms with Crippen LogP contribution in [0.3, 0.4) is 0 Å². The van der Waals surface area contributed by atoms with E-state index in [1.807, 2.05) is 27.7 Å². The summed E-state index contributed by atoms with van der Waals surface area (Å²) in [7, 11) is 0. The van der Waals surface area contributed by atoms with Gasteiger partial charge >= 0.3 is 0 Å². The van der Waals surface area contributed by atoms with Crippen LogP contribution in [0, 0.1) is 11.8 Å². The van der Waals surface area contributed by atoms with E-state index in [1.165, 1.54) is 6.92 Å². The summed E-state index contributed by atoms with van der Waals surface area (Å²) in [6, 6.07) is -2.10. The molecule has 0 aromatic rings. The summed E-state index contributed by atoms with van der Waals surface area (Å²) in [6.07, 6.45) is 3.15. The van der Waals surface area contributed by atoms with Crippen LogP contribution in [0.5, 0.6) is 0 Å². The molecule has 0 spiro atoms. The molecule has 0 heterocycles. The number of carbonyl (C=O) groups excluding carboxylic acids is 4. The van der Waals surface area contributed by atoms with E-state index in [0.29, 0.717) is 25.7 Å². The summed E-state index contributed by atoms with van der Waals surface area (Å²) in [4.78, 5) is 47.8. The van der Waals surface area contributed by atoms with Crippen LogP contribution < -0.4 is 21.7 Å². The fourth-order valence-electron chi connectivity index (χ4n) is 2.68. The van der Waals surface area contributed by atoms with E-state index in [9.17, 15) is 19.2 Å². The Morgan fingerprint density at radius 1 is 0.963 bits per heavy atom. The molecular formula is C19H36N4O4. The number of carbonyl (C=O) groups is 4. The second kappa shape index (κ2) is 13.2. The van der Waals surface area contributed by atoms with Gasteiger partial charge in [0, 0.05) is 6.92 Å². The van der Waals surface area contributed by atoms with Crippen molar-refractivity contribution in [2.75, 3.05) is 6.54 Å². The fourth-order valence-corrected chi connectivity index (χ4v) is 2.68. The Balaban J connectivity index is 5.07. The molecule has 0 saturated carbocycles. The molecule has 0 aliphatic heterocycles. The van der Waals surface area contributed by atoms with Gasteiger partial charge in [0.2, 0.25) is 17.7 Å². The third-order valence-corrected chi connectivity index (χ3v) is 4.11. The van der Waals surface area contributed by atoms with E-state index in [4.69, 9.17) is 5.73 Å². The van der Waals surface area contributed by atoms with Gasteiger partial charge < -0.3 is 26.5 Å². The van der Waals surface area contributed by atoms with E-state index < -0.39 is 29.9 Å². The highest BCUT2D eigenvalue weighted by atomic mass is 16.2. The standard InChI is InChI=1S/C19H36N4O4/c1-12(2)10-16(18(26)22-15(11-24)8-6-7-9-20)23-19(27)17(13(3)4)21-14(5)25/h11-13,15-17H,6-10,20H2,1-5H3,(H,21,25)(H,22,26)(H,23,27). The average molecular weight is 385 g/mol. The van der Waals surface area contributed by atoms with Crippen molar-refractivity contribution < 1.29 is 19.2 Å². The molecule has 0 aromatic heterocycles. The summed E-state index contributed by atoms with van der Waals surface area (Å²) in [5.41, 5.74) is 5.45. The number of nitrogens with one attached hydrogen (secondary N) is 3. The number of hydrogen-bond donors (Lipinski definition) is 4. The van der Waals surface area contributed by atoms with Gasteiger partial charge in [-0.2, -0.15) is 0 Å². The van der Waals surface area contributed by atoms with Crippen LogP contribution in [0.25, 0.3) is 0 Å². The summed E-state index contributed by atoms with van der Waals surface area (Å²) in [6.45, 7) is 9.40. The van der Waals surface area contributed by atoms with Crippen molar-refractivity contribution >= 4 is 24.0 Å². The van der Waals surface area contributed by atoms with Gasteiger partial charge in [0.25, 0.3) is 0 Å². The highest BCUT2D eigenvalue weighted by Crippen LogP contribution is 2.09. The zero-order valence-corrected chi connectivity index (χ0v) is 17.2. The summed E-state index contributed by atoms with van der Waals surface area (Å²) >= 11 is 0. The fraction of sp³-hybridized carbons (Fsp3) is 0.789. The van der Waals surface area contributed by atoms with Gasteiger partial charge in [-0.15, -0.1) is 0 Å². The van der Waals surface area contributed by atoms with Crippen molar-refractivity contribution in [3.8, 4) is 0 Å². The summed E-state index contributed by atoms with van der Waals surface area (Å²) < 4.78 is 0. The Bertz CT molecular complexity index is 494. The lowest BCUT2D eigenvalue weighted by Gasteiger charge is -2.26. The molecule has 5 N–H and O–H groups in total. The molecule has 0 aliphatic carbocycles. The number of nitrogens with two attached hydrogens (primary N) is 1. The lowest BCUT2D eigenvalue weighted by atomic mass is 9.99. The molecule has 8 heteroatoms. The number of amides is 3. The van der Waals surface area contributed by atoms with Gasteiger partial charge in [0.15, 0.2) is 0 Å². The Kier molecular flexibility index (Phi) is 12.3. The lowest BCUT2D eigenvalue weighted by Crippen LogP contribution is -2.56. The molecule has 0 aromatic carbocycles. The van der Waals surface area contributed by atoms with Crippen LogP contribution in [0.1, 0.15) is 60.3 Å². The predicted molar refractivity (Wildman–Crippen MR) is 105 cm³/mol. The van der Waals surface area contributed by atoms with Gasteiger partial charge in [-0.1, -0.05) is 27.7 Å². The largest absolute Gasteiger partial charge is 0.345 e. The second-order valence-corrected chi connectivity index (χ2v) is 7.65. The minimum atomic E-state index is -0.774. The minimum absolute atomic E-state index is 0.129. The first kappa shape index (κ1) is 25.0. The molecule has 27 heavy (non-hydrogen) atoms. The Labute approximate surface area is 162 Å². The predicted octanol–water partition coefficient (Wildman–Crippen LogP) is 0.491.